The summed E-state index contributed by atoms with van der Waals surface area (Å²) in [6.07, 6.45) is 0. The fourth-order valence-electron chi connectivity index (χ4n) is 0.591. The molecule has 11 heavy (non-hydrogen) atoms. The Balaban J connectivity index is 3.20. The van der Waals surface area contributed by atoms with Crippen molar-refractivity contribution in [3.05, 3.63) is 29.8 Å². The predicted octanol–water partition coefficient (Wildman–Crippen LogP) is 0.842. The molecule has 1 aromatic carbocycles. The van der Waals surface area contributed by atoms with Crippen molar-refractivity contribution in [2.45, 2.75) is 11.8 Å². The van der Waals surface area contributed by atoms with Gasteiger partial charge in [-0.2, -0.15) is 8.42 Å². The summed E-state index contributed by atoms with van der Waals surface area (Å²) in [4.78, 5) is -0.178. The predicted molar refractivity (Wildman–Crippen MR) is 38.7 cm³/mol. The second kappa shape index (κ2) is 2.64. The highest BCUT2D eigenvalue weighted by Gasteiger charge is 2.07. The van der Waals surface area contributed by atoms with Gasteiger partial charge in [-0.15, -0.1) is 0 Å². The minimum absolute atomic E-state index is 0.178. The number of hydrogen-bond donors (Lipinski definition) is 1. The molecule has 0 aliphatic heterocycles. The number of hydrogen-bond acceptors (Lipinski definition) is 2. The average molecular weight is 170 g/mol. The van der Waals surface area contributed by atoms with Crippen LogP contribution in [-0.2, 0) is 10.1 Å². The highest BCUT2D eigenvalue weighted by atomic mass is 32.2. The summed E-state index contributed by atoms with van der Waals surface area (Å²) in [6.45, 7) is 1.73. The van der Waals surface area contributed by atoms with Crippen LogP contribution in [0.3, 0.4) is 0 Å². The van der Waals surface area contributed by atoms with E-state index in [-0.39, 0.29) is 4.90 Å². The van der Waals surface area contributed by atoms with Gasteiger partial charge in [-0.1, -0.05) is 0 Å². The molecule has 0 aromatic heterocycles. The second-order valence-corrected chi connectivity index (χ2v) is 3.50. The summed E-state index contributed by atoms with van der Waals surface area (Å²) < 4.78 is 29.4. The molecule has 1 N–H and O–H groups in total. The Bertz CT molecular complexity index is 336. The molecule has 1 aromatic rings. The van der Waals surface area contributed by atoms with Gasteiger partial charge >= 0.3 is 0 Å². The molecule has 58 valence electrons. The summed E-state index contributed by atoms with van der Waals surface area (Å²) in [5.74, 6) is 0. The van der Waals surface area contributed by atoms with Crippen LogP contribution in [0, 0.1) is 19.1 Å². The largest absolute Gasteiger partial charge is 0.294 e. The molecule has 0 heterocycles. The quantitative estimate of drug-likeness (QED) is 0.635. The van der Waals surface area contributed by atoms with E-state index in [1.54, 1.807) is 6.92 Å². The van der Waals surface area contributed by atoms with Gasteiger partial charge in [0.2, 0.25) is 0 Å². The Morgan fingerprint density at radius 3 is 2.18 bits per heavy atom. The molecule has 0 unspecified atom stereocenters. The zero-order valence-corrected chi connectivity index (χ0v) is 6.64. The molecular formula is C7H6O3S. The molecule has 0 saturated heterocycles. The van der Waals surface area contributed by atoms with E-state index < -0.39 is 10.1 Å². The fraction of sp³-hybridized carbons (Fsp3) is 0.143. The second-order valence-electron chi connectivity index (χ2n) is 2.08. The lowest BCUT2D eigenvalue weighted by Gasteiger charge is -1.94. The number of rotatable bonds is 1. The lowest BCUT2D eigenvalue weighted by molar-refractivity contribution is 0.483. The van der Waals surface area contributed by atoms with Gasteiger partial charge in [0.25, 0.3) is 10.1 Å². The van der Waals surface area contributed by atoms with Crippen molar-refractivity contribution in [1.29, 1.82) is 0 Å². The standard InChI is InChI=1S/C7H6O3S/c1-6-2-4-7(5-3-6)11(8,9)10/h4-5H,1H3,(H,8,9,10). The van der Waals surface area contributed by atoms with Crippen molar-refractivity contribution in [2.24, 2.45) is 0 Å². The molecule has 0 aliphatic rings. The molecule has 4 heteroatoms. The van der Waals surface area contributed by atoms with Gasteiger partial charge in [0.05, 0.1) is 4.90 Å². The molecule has 0 spiro atoms. The summed E-state index contributed by atoms with van der Waals surface area (Å²) in [5, 5.41) is 0. The zero-order valence-electron chi connectivity index (χ0n) is 5.83. The van der Waals surface area contributed by atoms with Gasteiger partial charge in [-0.25, -0.2) is 0 Å². The molecule has 0 atom stereocenters. The maximum Gasteiger partial charge on any atom is 0.294 e. The topological polar surface area (TPSA) is 54.4 Å². The van der Waals surface area contributed by atoms with E-state index in [9.17, 15) is 8.42 Å². The molecule has 2 radical (unpaired) electrons. The fourth-order valence-corrected chi connectivity index (χ4v) is 1.01. The summed E-state index contributed by atoms with van der Waals surface area (Å²) in [7, 11) is -4.08. The van der Waals surface area contributed by atoms with E-state index in [1.165, 1.54) is 12.1 Å². The molecule has 0 saturated carbocycles. The van der Waals surface area contributed by atoms with Crippen LogP contribution in [0.2, 0.25) is 0 Å². The summed E-state index contributed by atoms with van der Waals surface area (Å²) in [6, 6.07) is 7.64. The van der Waals surface area contributed by atoms with Crippen molar-refractivity contribution in [3.8, 4) is 0 Å². The highest BCUT2D eigenvalue weighted by Crippen LogP contribution is 2.07. The van der Waals surface area contributed by atoms with Crippen LogP contribution in [0.5, 0.6) is 0 Å². The first-order valence-corrected chi connectivity index (χ1v) is 4.31. The Morgan fingerprint density at radius 1 is 1.36 bits per heavy atom. The Kier molecular flexibility index (Phi) is 1.97. The van der Waals surface area contributed by atoms with Gasteiger partial charge in [-0.05, 0) is 36.8 Å². The van der Waals surface area contributed by atoms with Gasteiger partial charge in [0.1, 0.15) is 0 Å². The molecule has 0 aliphatic carbocycles. The first-order chi connectivity index (χ1) is 5.00. The summed E-state index contributed by atoms with van der Waals surface area (Å²) in [5.41, 5.74) is 0.706. The minimum Gasteiger partial charge on any atom is -0.282 e. The molecule has 3 nitrogen and oxygen atoms in total. The van der Waals surface area contributed by atoms with Crippen LogP contribution in [0.25, 0.3) is 0 Å². The highest BCUT2D eigenvalue weighted by molar-refractivity contribution is 7.85. The van der Waals surface area contributed by atoms with Crippen LogP contribution in [0.15, 0.2) is 17.0 Å². The number of aryl methyl sites for hydroxylation is 1. The molecule has 1 rings (SSSR count). The van der Waals surface area contributed by atoms with E-state index >= 15 is 0 Å². The van der Waals surface area contributed by atoms with E-state index in [2.05, 4.69) is 12.1 Å². The Morgan fingerprint density at radius 2 is 1.82 bits per heavy atom. The van der Waals surface area contributed by atoms with Crippen LogP contribution in [0.1, 0.15) is 5.56 Å². The third-order valence-electron chi connectivity index (χ3n) is 1.16. The first-order valence-electron chi connectivity index (χ1n) is 2.87. The average Bonchev–Trinajstić information content (AvgIpc) is 1.86. The van der Waals surface area contributed by atoms with Gasteiger partial charge in [-0.3, -0.25) is 4.55 Å². The van der Waals surface area contributed by atoms with E-state index in [4.69, 9.17) is 4.55 Å². The SMILES string of the molecule is Cc1[c]cc(S(=O)(=O)O)c[c]1. The Labute approximate surface area is 65.4 Å². The van der Waals surface area contributed by atoms with Crippen LogP contribution in [0.4, 0.5) is 0 Å². The summed E-state index contributed by atoms with van der Waals surface area (Å²) >= 11 is 0. The molecular weight excluding hydrogens is 164 g/mol. The molecule has 0 fully saturated rings. The monoisotopic (exact) mass is 170 g/mol. The molecule has 0 amide bonds. The Hall–Kier alpha value is -0.870. The van der Waals surface area contributed by atoms with E-state index in [1.807, 2.05) is 0 Å². The van der Waals surface area contributed by atoms with Crippen LogP contribution >= 0.6 is 0 Å². The minimum atomic E-state index is -4.08. The van der Waals surface area contributed by atoms with Crippen molar-refractivity contribution in [1.82, 2.24) is 0 Å². The van der Waals surface area contributed by atoms with Crippen LogP contribution in [-0.4, -0.2) is 13.0 Å². The van der Waals surface area contributed by atoms with Gasteiger partial charge in [0.15, 0.2) is 0 Å². The smallest absolute Gasteiger partial charge is 0.282 e. The molecule has 0 bridgehead atoms. The van der Waals surface area contributed by atoms with Gasteiger partial charge in [0, 0.05) is 0 Å². The number of benzene rings is 1. The third kappa shape index (κ3) is 2.03. The van der Waals surface area contributed by atoms with Gasteiger partial charge < -0.3 is 0 Å². The maximum absolute atomic E-state index is 10.5. The van der Waals surface area contributed by atoms with E-state index in [0.717, 1.165) is 0 Å². The maximum atomic E-state index is 10.5. The lowest BCUT2D eigenvalue weighted by atomic mass is 10.2. The van der Waals surface area contributed by atoms with Crippen molar-refractivity contribution >= 4 is 10.1 Å². The lowest BCUT2D eigenvalue weighted by Crippen LogP contribution is -1.97. The van der Waals surface area contributed by atoms with Crippen LogP contribution < -0.4 is 0 Å². The van der Waals surface area contributed by atoms with Crippen molar-refractivity contribution in [3.63, 3.8) is 0 Å². The normalized spacial score (nSPS) is 11.5. The third-order valence-corrected chi connectivity index (χ3v) is 1.99. The van der Waals surface area contributed by atoms with Crippen molar-refractivity contribution < 1.29 is 13.0 Å². The first kappa shape index (κ1) is 8.23. The van der Waals surface area contributed by atoms with E-state index in [0.29, 0.717) is 5.56 Å². The zero-order chi connectivity index (χ0) is 8.48. The van der Waals surface area contributed by atoms with Crippen molar-refractivity contribution in [2.75, 3.05) is 0 Å².